The molecule has 1 fully saturated rings. The third kappa shape index (κ3) is 3.97. The number of nitrogen functional groups attached to an aromatic ring is 1. The van der Waals surface area contributed by atoms with E-state index >= 15 is 0 Å². The Bertz CT molecular complexity index is 453. The van der Waals surface area contributed by atoms with Crippen molar-refractivity contribution in [2.75, 3.05) is 31.9 Å². The predicted molar refractivity (Wildman–Crippen MR) is 82.8 cm³/mol. The number of anilines is 1. The molecule has 1 amide bonds. The van der Waals surface area contributed by atoms with Gasteiger partial charge in [0.05, 0.1) is 0 Å². The molecule has 0 atom stereocenters. The molecule has 0 aliphatic carbocycles. The molecule has 4 heteroatoms. The Hall–Kier alpha value is -1.55. The van der Waals surface area contributed by atoms with E-state index in [1.165, 1.54) is 32.4 Å². The summed E-state index contributed by atoms with van der Waals surface area (Å²) in [5, 5.41) is 2.99. The molecule has 0 saturated carbocycles. The molecule has 1 saturated heterocycles. The average Bonchev–Trinajstić information content (AvgIpc) is 2.47. The van der Waals surface area contributed by atoms with Gasteiger partial charge in [-0.1, -0.05) is 12.5 Å². The van der Waals surface area contributed by atoms with Crippen molar-refractivity contribution in [1.82, 2.24) is 10.2 Å². The molecule has 110 valence electrons. The summed E-state index contributed by atoms with van der Waals surface area (Å²) in [5.74, 6) is -0.0200. The van der Waals surface area contributed by atoms with E-state index < -0.39 is 0 Å². The van der Waals surface area contributed by atoms with Crippen LogP contribution in [0.3, 0.4) is 0 Å². The van der Waals surface area contributed by atoms with Gasteiger partial charge in [0, 0.05) is 17.8 Å². The molecular formula is C16H25N3O. The largest absolute Gasteiger partial charge is 0.398 e. The summed E-state index contributed by atoms with van der Waals surface area (Å²) in [6.45, 7) is 6.11. The fourth-order valence-corrected chi connectivity index (χ4v) is 2.68. The highest BCUT2D eigenvalue weighted by Crippen LogP contribution is 2.15. The van der Waals surface area contributed by atoms with Crippen molar-refractivity contribution in [1.29, 1.82) is 0 Å². The van der Waals surface area contributed by atoms with Crippen LogP contribution in [0.25, 0.3) is 0 Å². The summed E-state index contributed by atoms with van der Waals surface area (Å²) in [4.78, 5) is 14.6. The van der Waals surface area contributed by atoms with E-state index in [1.807, 2.05) is 25.1 Å². The zero-order valence-electron chi connectivity index (χ0n) is 12.3. The molecule has 1 aromatic carbocycles. The molecule has 1 aliphatic rings. The van der Waals surface area contributed by atoms with Crippen LogP contribution in [-0.2, 0) is 0 Å². The standard InChI is InChI=1S/C16H25N3O/c1-13-14(7-5-8-15(13)17)16(20)18-9-6-12-19-10-3-2-4-11-19/h5,7-8H,2-4,6,9-12,17H2,1H3,(H,18,20). The molecule has 1 aliphatic heterocycles. The number of rotatable bonds is 5. The first-order valence-corrected chi connectivity index (χ1v) is 7.54. The first-order chi connectivity index (χ1) is 9.68. The number of hydrogen-bond acceptors (Lipinski definition) is 3. The normalized spacial score (nSPS) is 16.1. The van der Waals surface area contributed by atoms with Gasteiger partial charge in [0.15, 0.2) is 0 Å². The predicted octanol–water partition coefficient (Wildman–Crippen LogP) is 2.18. The van der Waals surface area contributed by atoms with Crippen LogP contribution in [0.15, 0.2) is 18.2 Å². The lowest BCUT2D eigenvalue weighted by atomic mass is 10.1. The summed E-state index contributed by atoms with van der Waals surface area (Å²) >= 11 is 0. The van der Waals surface area contributed by atoms with Gasteiger partial charge < -0.3 is 16.0 Å². The summed E-state index contributed by atoms with van der Waals surface area (Å²) in [7, 11) is 0. The molecule has 1 heterocycles. The summed E-state index contributed by atoms with van der Waals surface area (Å²) in [5.41, 5.74) is 8.04. The minimum absolute atomic E-state index is 0.0200. The van der Waals surface area contributed by atoms with Crippen LogP contribution in [0.1, 0.15) is 41.6 Å². The minimum atomic E-state index is -0.0200. The van der Waals surface area contributed by atoms with Crippen molar-refractivity contribution < 1.29 is 4.79 Å². The molecule has 0 radical (unpaired) electrons. The molecule has 4 nitrogen and oxygen atoms in total. The number of hydrogen-bond donors (Lipinski definition) is 2. The zero-order valence-corrected chi connectivity index (χ0v) is 12.3. The van der Waals surface area contributed by atoms with E-state index in [2.05, 4.69) is 10.2 Å². The van der Waals surface area contributed by atoms with Gasteiger partial charge in [0.1, 0.15) is 0 Å². The maximum Gasteiger partial charge on any atom is 0.251 e. The number of nitrogens with two attached hydrogens (primary N) is 1. The monoisotopic (exact) mass is 275 g/mol. The Morgan fingerprint density at radius 2 is 2.05 bits per heavy atom. The van der Waals surface area contributed by atoms with Crippen LogP contribution < -0.4 is 11.1 Å². The number of amides is 1. The topological polar surface area (TPSA) is 58.4 Å². The lowest BCUT2D eigenvalue weighted by molar-refractivity contribution is 0.0950. The van der Waals surface area contributed by atoms with Gasteiger partial charge in [0.2, 0.25) is 0 Å². The van der Waals surface area contributed by atoms with Crippen LogP contribution in [0, 0.1) is 6.92 Å². The fourth-order valence-electron chi connectivity index (χ4n) is 2.68. The highest BCUT2D eigenvalue weighted by Gasteiger charge is 2.11. The first kappa shape index (κ1) is 14.9. The SMILES string of the molecule is Cc1c(N)cccc1C(=O)NCCCN1CCCCC1. The third-order valence-electron chi connectivity index (χ3n) is 4.01. The van der Waals surface area contributed by atoms with Crippen molar-refractivity contribution in [3.05, 3.63) is 29.3 Å². The zero-order chi connectivity index (χ0) is 14.4. The highest BCUT2D eigenvalue weighted by atomic mass is 16.1. The van der Waals surface area contributed by atoms with E-state index in [9.17, 15) is 4.79 Å². The molecule has 0 spiro atoms. The van der Waals surface area contributed by atoms with Gasteiger partial charge in [-0.15, -0.1) is 0 Å². The van der Waals surface area contributed by atoms with Crippen molar-refractivity contribution in [3.8, 4) is 0 Å². The van der Waals surface area contributed by atoms with Crippen molar-refractivity contribution in [3.63, 3.8) is 0 Å². The van der Waals surface area contributed by atoms with Crippen LogP contribution in [0.4, 0.5) is 5.69 Å². The number of carbonyl (C=O) groups is 1. The Morgan fingerprint density at radius 1 is 1.30 bits per heavy atom. The lowest BCUT2D eigenvalue weighted by Crippen LogP contribution is -2.33. The molecule has 3 N–H and O–H groups in total. The van der Waals surface area contributed by atoms with E-state index in [4.69, 9.17) is 5.73 Å². The van der Waals surface area contributed by atoms with Crippen molar-refractivity contribution in [2.24, 2.45) is 0 Å². The number of benzene rings is 1. The summed E-state index contributed by atoms with van der Waals surface area (Å²) in [6, 6.07) is 5.47. The van der Waals surface area contributed by atoms with Crippen LogP contribution in [-0.4, -0.2) is 37.0 Å². The highest BCUT2D eigenvalue weighted by molar-refractivity contribution is 5.96. The third-order valence-corrected chi connectivity index (χ3v) is 4.01. The Kier molecular flexibility index (Phi) is 5.41. The van der Waals surface area contributed by atoms with Gasteiger partial charge in [0.25, 0.3) is 5.91 Å². The Morgan fingerprint density at radius 3 is 2.80 bits per heavy atom. The number of carbonyl (C=O) groups excluding carboxylic acids is 1. The van der Waals surface area contributed by atoms with Crippen molar-refractivity contribution in [2.45, 2.75) is 32.6 Å². The molecule has 0 aromatic heterocycles. The van der Waals surface area contributed by atoms with Gasteiger partial charge >= 0.3 is 0 Å². The summed E-state index contributed by atoms with van der Waals surface area (Å²) < 4.78 is 0. The lowest BCUT2D eigenvalue weighted by Gasteiger charge is -2.26. The second kappa shape index (κ2) is 7.29. The molecular weight excluding hydrogens is 250 g/mol. The second-order valence-electron chi connectivity index (χ2n) is 5.53. The van der Waals surface area contributed by atoms with Crippen LogP contribution in [0.5, 0.6) is 0 Å². The second-order valence-corrected chi connectivity index (χ2v) is 5.53. The Labute approximate surface area is 121 Å². The average molecular weight is 275 g/mol. The molecule has 0 unspecified atom stereocenters. The number of nitrogens with one attached hydrogen (secondary N) is 1. The van der Waals surface area contributed by atoms with Crippen LogP contribution in [0.2, 0.25) is 0 Å². The quantitative estimate of drug-likeness (QED) is 0.639. The minimum Gasteiger partial charge on any atom is -0.398 e. The van der Waals surface area contributed by atoms with E-state index in [1.54, 1.807) is 0 Å². The molecule has 20 heavy (non-hydrogen) atoms. The van der Waals surface area contributed by atoms with E-state index in [-0.39, 0.29) is 5.91 Å². The van der Waals surface area contributed by atoms with E-state index in [0.29, 0.717) is 11.3 Å². The number of nitrogens with zero attached hydrogens (tertiary/aromatic N) is 1. The van der Waals surface area contributed by atoms with Gasteiger partial charge in [-0.3, -0.25) is 4.79 Å². The van der Waals surface area contributed by atoms with Gasteiger partial charge in [-0.05, 0) is 63.5 Å². The van der Waals surface area contributed by atoms with E-state index in [0.717, 1.165) is 25.1 Å². The first-order valence-electron chi connectivity index (χ1n) is 7.54. The maximum absolute atomic E-state index is 12.1. The number of likely N-dealkylation sites (tertiary alicyclic amines) is 1. The smallest absolute Gasteiger partial charge is 0.251 e. The molecule has 1 aromatic rings. The number of piperidine rings is 1. The van der Waals surface area contributed by atoms with Gasteiger partial charge in [-0.25, -0.2) is 0 Å². The van der Waals surface area contributed by atoms with Crippen molar-refractivity contribution >= 4 is 11.6 Å². The maximum atomic E-state index is 12.1. The fraction of sp³-hybridized carbons (Fsp3) is 0.562. The van der Waals surface area contributed by atoms with Crippen LogP contribution >= 0.6 is 0 Å². The molecule has 0 bridgehead atoms. The summed E-state index contributed by atoms with van der Waals surface area (Å²) in [6.07, 6.45) is 5.00. The van der Waals surface area contributed by atoms with Gasteiger partial charge in [-0.2, -0.15) is 0 Å². The Balaban J connectivity index is 1.73. The molecule has 2 rings (SSSR count).